The van der Waals surface area contributed by atoms with E-state index in [2.05, 4.69) is 128 Å². The van der Waals surface area contributed by atoms with Crippen molar-refractivity contribution in [2.45, 2.75) is 166 Å². The lowest BCUT2D eigenvalue weighted by Gasteiger charge is -2.56. The summed E-state index contributed by atoms with van der Waals surface area (Å²) >= 11 is 0. The van der Waals surface area contributed by atoms with E-state index in [1.165, 1.54) is 19.3 Å². The SMILES string of the molecule is COC(=O)[C@@]1(NC(=O)OC(C)(C)C)C=C[C@]2(OC1)O[C@H](CO[Si](c1ccccc1)(c1ccccc1)C(C)(C)C)[C@H](O[Si](C)(C)C(C)(C)C)[C@H](O[Si](C)(C)C(C)(C)C)[C@H]2N=[N+]=[N-]. The van der Waals surface area contributed by atoms with E-state index in [1.807, 2.05) is 36.4 Å². The number of rotatable bonds is 12. The lowest BCUT2D eigenvalue weighted by molar-refractivity contribution is -0.309. The van der Waals surface area contributed by atoms with Gasteiger partial charge in [0, 0.05) is 4.91 Å². The van der Waals surface area contributed by atoms with Crippen molar-refractivity contribution in [2.24, 2.45) is 5.11 Å². The quantitative estimate of drug-likeness (QED) is 0.0548. The van der Waals surface area contributed by atoms with Crippen molar-refractivity contribution in [3.05, 3.63) is 83.3 Å². The highest BCUT2D eigenvalue weighted by Crippen LogP contribution is 2.48. The maximum Gasteiger partial charge on any atom is 0.408 e. The van der Waals surface area contributed by atoms with Gasteiger partial charge >= 0.3 is 12.1 Å². The molecule has 1 spiro atoms. The van der Waals surface area contributed by atoms with Crippen LogP contribution in [0, 0.1) is 0 Å². The van der Waals surface area contributed by atoms with Crippen LogP contribution < -0.4 is 15.7 Å². The molecule has 2 aromatic carbocycles. The Hall–Kier alpha value is -3.32. The van der Waals surface area contributed by atoms with Crippen LogP contribution in [0.4, 0.5) is 4.79 Å². The Morgan fingerprint density at radius 2 is 1.28 bits per heavy atom. The average molecular weight is 897 g/mol. The van der Waals surface area contributed by atoms with E-state index < -0.39 is 84.9 Å². The summed E-state index contributed by atoms with van der Waals surface area (Å²) in [6, 6.07) is 19.6. The lowest BCUT2D eigenvalue weighted by atomic mass is 9.86. The van der Waals surface area contributed by atoms with Gasteiger partial charge in [0.15, 0.2) is 28.0 Å². The van der Waals surface area contributed by atoms with E-state index in [9.17, 15) is 15.1 Å². The smallest absolute Gasteiger partial charge is 0.408 e. The van der Waals surface area contributed by atoms with Crippen LogP contribution in [0.25, 0.3) is 10.4 Å². The molecule has 0 aromatic heterocycles. The van der Waals surface area contributed by atoms with Gasteiger partial charge in [0.1, 0.15) is 17.7 Å². The molecule has 0 radical (unpaired) electrons. The fourth-order valence-electron chi connectivity index (χ4n) is 7.36. The van der Waals surface area contributed by atoms with Gasteiger partial charge in [-0.2, -0.15) is 0 Å². The van der Waals surface area contributed by atoms with Crippen LogP contribution in [0.15, 0.2) is 77.9 Å². The second-order valence-electron chi connectivity index (χ2n) is 21.4. The Morgan fingerprint density at radius 1 is 0.787 bits per heavy atom. The van der Waals surface area contributed by atoms with Gasteiger partial charge in [0.05, 0.1) is 32.5 Å². The topological polar surface area (TPSA) is 160 Å². The molecule has 61 heavy (non-hydrogen) atoms. The predicted molar refractivity (Wildman–Crippen MR) is 247 cm³/mol. The first-order valence-corrected chi connectivity index (χ1v) is 28.9. The van der Waals surface area contributed by atoms with Crippen molar-refractivity contribution in [1.29, 1.82) is 0 Å². The zero-order chi connectivity index (χ0) is 46.1. The number of methoxy groups -OCH3 is 1. The zero-order valence-corrected chi connectivity index (χ0v) is 42.7. The Kier molecular flexibility index (Phi) is 14.9. The summed E-state index contributed by atoms with van der Waals surface area (Å²) < 4.78 is 47.1. The van der Waals surface area contributed by atoms with Gasteiger partial charge in [-0.15, -0.1) is 0 Å². The highest BCUT2D eigenvalue weighted by Gasteiger charge is 2.62. The number of carbonyl (C=O) groups excluding carboxylic acids is 2. The van der Waals surface area contributed by atoms with Crippen molar-refractivity contribution >= 4 is 47.4 Å². The average Bonchev–Trinajstić information content (AvgIpc) is 3.14. The third-order valence-electron chi connectivity index (χ3n) is 12.7. The van der Waals surface area contributed by atoms with Crippen LogP contribution in [0.2, 0.25) is 41.3 Å². The molecule has 0 unspecified atom stereocenters. The number of carbonyl (C=O) groups is 2. The number of amides is 1. The van der Waals surface area contributed by atoms with Crippen LogP contribution in [-0.4, -0.2) is 98.6 Å². The first-order chi connectivity index (χ1) is 27.9. The van der Waals surface area contributed by atoms with Crippen molar-refractivity contribution in [1.82, 2.24) is 5.32 Å². The summed E-state index contributed by atoms with van der Waals surface area (Å²) in [6.07, 6.45) is -0.392. The van der Waals surface area contributed by atoms with E-state index in [0.29, 0.717) is 0 Å². The molecule has 6 atom stereocenters. The van der Waals surface area contributed by atoms with Crippen molar-refractivity contribution in [2.75, 3.05) is 20.3 Å². The first-order valence-electron chi connectivity index (χ1n) is 21.2. The molecule has 16 heteroatoms. The molecule has 338 valence electrons. The summed E-state index contributed by atoms with van der Waals surface area (Å²) in [5.41, 5.74) is 7.65. The van der Waals surface area contributed by atoms with Gasteiger partial charge in [-0.25, -0.2) is 9.59 Å². The van der Waals surface area contributed by atoms with Crippen molar-refractivity contribution in [3.8, 4) is 0 Å². The summed E-state index contributed by atoms with van der Waals surface area (Å²) in [4.78, 5) is 30.1. The molecule has 1 amide bonds. The second kappa shape index (κ2) is 18.0. The van der Waals surface area contributed by atoms with Crippen LogP contribution in [0.1, 0.15) is 83.1 Å². The molecule has 1 N–H and O–H groups in total. The van der Waals surface area contributed by atoms with Gasteiger partial charge < -0.3 is 32.2 Å². The third-order valence-corrected chi connectivity index (χ3v) is 26.6. The van der Waals surface area contributed by atoms with Crippen LogP contribution >= 0.6 is 0 Å². The van der Waals surface area contributed by atoms with Crippen molar-refractivity contribution < 1.29 is 41.8 Å². The number of esters is 1. The summed E-state index contributed by atoms with van der Waals surface area (Å²) in [7, 11) is -7.25. The summed E-state index contributed by atoms with van der Waals surface area (Å²) in [5, 5.41) is 8.40. The molecular formula is C45H72N4O9Si3. The van der Waals surface area contributed by atoms with Gasteiger partial charge in [-0.3, -0.25) is 5.32 Å². The van der Waals surface area contributed by atoms with Crippen LogP contribution in [-0.2, 0) is 37.0 Å². The van der Waals surface area contributed by atoms with Gasteiger partial charge in [-0.1, -0.05) is 128 Å². The third kappa shape index (κ3) is 10.7. The van der Waals surface area contributed by atoms with Crippen LogP contribution in [0.5, 0.6) is 0 Å². The molecule has 1 saturated heterocycles. The highest BCUT2D eigenvalue weighted by molar-refractivity contribution is 6.99. The van der Waals surface area contributed by atoms with E-state index in [0.717, 1.165) is 10.4 Å². The molecule has 0 saturated carbocycles. The molecule has 2 aliphatic rings. The zero-order valence-electron chi connectivity index (χ0n) is 39.7. The molecule has 0 bridgehead atoms. The lowest BCUT2D eigenvalue weighted by Crippen LogP contribution is -2.73. The number of nitrogens with zero attached hydrogens (tertiary/aromatic N) is 3. The normalized spacial score (nSPS) is 25.4. The minimum absolute atomic E-state index is 0.0458. The minimum atomic E-state index is -3.15. The standard InChI is InChI=1S/C45H72N4O9Si3/c1-40(2,3)56-39(51)47-44(38(50)52-13)28-29-45(53-31-44)37(48-49-46)36(58-60(16,17)42(7,8)9)35(57-59(14,15)41(4,5)6)34(55-45)30-54-61(43(10,11)12,32-24-20-18-21-25-32)33-26-22-19-23-27-33/h18-29,34-37H,30-31H2,1-17H3,(H,47,51)/t34-,35+,36+,37-,44-,45+/m1/s1. The molecule has 13 nitrogen and oxygen atoms in total. The van der Waals surface area contributed by atoms with E-state index in [-0.39, 0.29) is 21.7 Å². The Balaban J connectivity index is 2.02. The molecule has 2 aromatic rings. The first kappa shape index (κ1) is 50.3. The number of hydrogen-bond donors (Lipinski definition) is 1. The highest BCUT2D eigenvalue weighted by atomic mass is 28.4. The number of alkyl carbamates (subject to hydrolysis) is 1. The maximum atomic E-state index is 13.6. The number of nitrogens with one attached hydrogen (secondary N) is 1. The van der Waals surface area contributed by atoms with Gasteiger partial charge in [0.25, 0.3) is 8.32 Å². The Bertz CT molecular complexity index is 1880. The largest absolute Gasteiger partial charge is 0.467 e. The molecule has 2 heterocycles. The molecule has 4 rings (SSSR count). The van der Waals surface area contributed by atoms with Gasteiger partial charge in [0.2, 0.25) is 0 Å². The number of hydrogen-bond acceptors (Lipinski definition) is 10. The Morgan fingerprint density at radius 3 is 1.67 bits per heavy atom. The fourth-order valence-corrected chi connectivity index (χ4v) is 14.6. The molecule has 2 aliphatic heterocycles. The predicted octanol–water partition coefficient (Wildman–Crippen LogP) is 9.14. The second-order valence-corrected chi connectivity index (χ2v) is 35.2. The molecule has 1 fully saturated rings. The van der Waals surface area contributed by atoms with E-state index in [4.69, 9.17) is 32.2 Å². The van der Waals surface area contributed by atoms with E-state index >= 15 is 0 Å². The minimum Gasteiger partial charge on any atom is -0.467 e. The fraction of sp³-hybridized carbons (Fsp3) is 0.644. The summed E-state index contributed by atoms with van der Waals surface area (Å²) in [5.74, 6) is -2.60. The summed E-state index contributed by atoms with van der Waals surface area (Å²) in [6.45, 7) is 33.0. The van der Waals surface area contributed by atoms with Crippen molar-refractivity contribution in [3.63, 3.8) is 0 Å². The molecular weight excluding hydrogens is 825 g/mol. The molecule has 0 aliphatic carbocycles. The van der Waals surface area contributed by atoms with Crippen LogP contribution in [0.3, 0.4) is 0 Å². The number of ether oxygens (including phenoxy) is 4. The van der Waals surface area contributed by atoms with Gasteiger partial charge in [-0.05, 0) is 90.1 Å². The number of benzene rings is 2. The Labute approximate surface area is 367 Å². The monoisotopic (exact) mass is 896 g/mol. The number of azide groups is 1. The van der Waals surface area contributed by atoms with E-state index in [1.54, 1.807) is 20.8 Å². The maximum absolute atomic E-state index is 13.6.